The number of hydrogen-bond acceptors (Lipinski definition) is 3. The van der Waals surface area contributed by atoms with Gasteiger partial charge in [-0.1, -0.05) is 0 Å². The van der Waals surface area contributed by atoms with Crippen LogP contribution in [-0.2, 0) is 4.79 Å². The molecule has 2 rings (SSSR count). The van der Waals surface area contributed by atoms with E-state index >= 15 is 0 Å². The molecule has 1 unspecified atom stereocenters. The van der Waals surface area contributed by atoms with E-state index < -0.39 is 0 Å². The fourth-order valence-electron chi connectivity index (χ4n) is 1.39. The molecule has 1 aliphatic rings. The monoisotopic (exact) mass is 204 g/mol. The van der Waals surface area contributed by atoms with Crippen molar-refractivity contribution in [1.29, 1.82) is 5.26 Å². The zero-order chi connectivity index (χ0) is 10.8. The molecule has 1 aliphatic carbocycles. The Balaban J connectivity index is 2.09. The Bertz CT molecular complexity index is 413. The fourth-order valence-corrected chi connectivity index (χ4v) is 1.39. The first-order chi connectivity index (χ1) is 7.22. The van der Waals surface area contributed by atoms with Gasteiger partial charge in [0.15, 0.2) is 0 Å². The second-order valence-corrected chi connectivity index (χ2v) is 3.73. The third kappa shape index (κ3) is 1.99. The van der Waals surface area contributed by atoms with E-state index in [1.54, 1.807) is 17.7 Å². The molecule has 15 heavy (non-hydrogen) atoms. The van der Waals surface area contributed by atoms with Gasteiger partial charge < -0.3 is 9.88 Å². The lowest BCUT2D eigenvalue weighted by Gasteiger charge is -2.13. The molecule has 1 fully saturated rings. The predicted octanol–water partition coefficient (Wildman–Crippen LogP) is 0.594. The van der Waals surface area contributed by atoms with Gasteiger partial charge in [0.2, 0.25) is 11.7 Å². The van der Waals surface area contributed by atoms with Crippen LogP contribution in [0.5, 0.6) is 0 Å². The molecule has 1 aromatic rings. The van der Waals surface area contributed by atoms with Crippen molar-refractivity contribution in [3.05, 3.63) is 18.2 Å². The molecule has 5 nitrogen and oxygen atoms in total. The number of nitrogens with zero attached hydrogens (tertiary/aromatic N) is 3. The lowest BCUT2D eigenvalue weighted by molar-refractivity contribution is -0.124. The molecule has 0 bridgehead atoms. The van der Waals surface area contributed by atoms with Crippen LogP contribution < -0.4 is 5.32 Å². The third-order valence-electron chi connectivity index (χ3n) is 2.49. The topological polar surface area (TPSA) is 70.7 Å². The van der Waals surface area contributed by atoms with E-state index in [9.17, 15) is 4.79 Å². The van der Waals surface area contributed by atoms with Crippen LogP contribution in [0, 0.1) is 11.3 Å². The molecule has 0 saturated heterocycles. The van der Waals surface area contributed by atoms with Gasteiger partial charge >= 0.3 is 0 Å². The van der Waals surface area contributed by atoms with Gasteiger partial charge in [-0.25, -0.2) is 4.98 Å². The summed E-state index contributed by atoms with van der Waals surface area (Å²) >= 11 is 0. The normalized spacial score (nSPS) is 16.8. The van der Waals surface area contributed by atoms with E-state index in [4.69, 9.17) is 5.26 Å². The number of carbonyl (C=O) groups excluding carboxylic acids is 1. The average Bonchev–Trinajstić information content (AvgIpc) is 2.92. The van der Waals surface area contributed by atoms with Gasteiger partial charge in [0.05, 0.1) is 0 Å². The maximum atomic E-state index is 11.7. The molecular weight excluding hydrogens is 192 g/mol. The maximum absolute atomic E-state index is 11.7. The average molecular weight is 204 g/mol. The lowest BCUT2D eigenvalue weighted by Crippen LogP contribution is -2.32. The lowest BCUT2D eigenvalue weighted by atomic mass is 10.3. The Hall–Kier alpha value is -1.83. The Morgan fingerprint density at radius 3 is 3.13 bits per heavy atom. The van der Waals surface area contributed by atoms with Crippen molar-refractivity contribution in [3.63, 3.8) is 0 Å². The Kier molecular flexibility index (Phi) is 2.42. The van der Waals surface area contributed by atoms with Crippen molar-refractivity contribution in [2.24, 2.45) is 0 Å². The predicted molar refractivity (Wildman–Crippen MR) is 52.8 cm³/mol. The summed E-state index contributed by atoms with van der Waals surface area (Å²) in [6, 6.07) is 1.92. The SMILES string of the molecule is CC(C(=O)NC1CC1)n1ccnc1C#N. The highest BCUT2D eigenvalue weighted by molar-refractivity contribution is 5.80. The molecular formula is C10H12N4O. The van der Waals surface area contributed by atoms with Crippen LogP contribution >= 0.6 is 0 Å². The number of nitrogens with one attached hydrogen (secondary N) is 1. The number of hydrogen-bond donors (Lipinski definition) is 1. The minimum absolute atomic E-state index is 0.0491. The van der Waals surface area contributed by atoms with E-state index in [1.807, 2.05) is 6.07 Å². The second-order valence-electron chi connectivity index (χ2n) is 3.73. The summed E-state index contributed by atoms with van der Waals surface area (Å²) in [5.41, 5.74) is 0. The molecule has 0 radical (unpaired) electrons. The minimum atomic E-state index is -0.372. The molecule has 1 amide bonds. The molecule has 1 aromatic heterocycles. The van der Waals surface area contributed by atoms with Crippen molar-refractivity contribution < 1.29 is 4.79 Å². The molecule has 5 heteroatoms. The standard InChI is InChI=1S/C10H12N4O/c1-7(10(15)13-8-2-3-8)14-5-4-12-9(14)6-11/h4-5,7-8H,2-3H2,1H3,(H,13,15). The van der Waals surface area contributed by atoms with Crippen molar-refractivity contribution >= 4 is 5.91 Å². The first kappa shape index (κ1) is 9.71. The third-order valence-corrected chi connectivity index (χ3v) is 2.49. The van der Waals surface area contributed by atoms with E-state index in [-0.39, 0.29) is 17.8 Å². The van der Waals surface area contributed by atoms with Gasteiger partial charge in [-0.15, -0.1) is 0 Å². The molecule has 0 aliphatic heterocycles. The van der Waals surface area contributed by atoms with E-state index in [1.165, 1.54) is 6.20 Å². The van der Waals surface area contributed by atoms with Crippen LogP contribution in [0.3, 0.4) is 0 Å². The first-order valence-electron chi connectivity index (χ1n) is 4.95. The summed E-state index contributed by atoms with van der Waals surface area (Å²) < 4.78 is 1.58. The van der Waals surface area contributed by atoms with Crippen molar-refractivity contribution in [3.8, 4) is 6.07 Å². The smallest absolute Gasteiger partial charge is 0.243 e. The summed E-state index contributed by atoms with van der Waals surface area (Å²) in [4.78, 5) is 15.5. The summed E-state index contributed by atoms with van der Waals surface area (Å²) in [7, 11) is 0. The molecule has 1 heterocycles. The van der Waals surface area contributed by atoms with Crippen LogP contribution in [-0.4, -0.2) is 21.5 Å². The molecule has 78 valence electrons. The number of aromatic nitrogens is 2. The molecule has 0 spiro atoms. The van der Waals surface area contributed by atoms with Gasteiger partial charge in [-0.05, 0) is 19.8 Å². The van der Waals surface area contributed by atoms with Crippen molar-refractivity contribution in [2.75, 3.05) is 0 Å². The number of amides is 1. The number of rotatable bonds is 3. The van der Waals surface area contributed by atoms with Crippen LogP contribution in [0.2, 0.25) is 0 Å². The second kappa shape index (κ2) is 3.73. The van der Waals surface area contributed by atoms with Crippen molar-refractivity contribution in [2.45, 2.75) is 31.8 Å². The van der Waals surface area contributed by atoms with Crippen LogP contribution in [0.15, 0.2) is 12.4 Å². The number of imidazole rings is 1. The number of nitriles is 1. The fraction of sp³-hybridized carbons (Fsp3) is 0.500. The minimum Gasteiger partial charge on any atom is -0.352 e. The zero-order valence-electron chi connectivity index (χ0n) is 8.47. The van der Waals surface area contributed by atoms with Crippen LogP contribution in [0.4, 0.5) is 0 Å². The van der Waals surface area contributed by atoms with Gasteiger partial charge in [0.1, 0.15) is 12.1 Å². The van der Waals surface area contributed by atoms with E-state index in [0.29, 0.717) is 6.04 Å². The highest BCUT2D eigenvalue weighted by Gasteiger charge is 2.26. The van der Waals surface area contributed by atoms with Gasteiger partial charge in [-0.3, -0.25) is 4.79 Å². The Morgan fingerprint density at radius 1 is 1.80 bits per heavy atom. The summed E-state index contributed by atoms with van der Waals surface area (Å²) in [6.45, 7) is 1.76. The summed E-state index contributed by atoms with van der Waals surface area (Å²) in [5, 5.41) is 11.7. The largest absolute Gasteiger partial charge is 0.352 e. The zero-order valence-corrected chi connectivity index (χ0v) is 8.47. The Morgan fingerprint density at radius 2 is 2.53 bits per heavy atom. The molecule has 1 saturated carbocycles. The van der Waals surface area contributed by atoms with Crippen LogP contribution in [0.25, 0.3) is 0 Å². The van der Waals surface area contributed by atoms with Gasteiger partial charge in [0, 0.05) is 18.4 Å². The van der Waals surface area contributed by atoms with Gasteiger partial charge in [-0.2, -0.15) is 5.26 Å². The van der Waals surface area contributed by atoms with Gasteiger partial charge in [0.25, 0.3) is 0 Å². The molecule has 1 atom stereocenters. The maximum Gasteiger partial charge on any atom is 0.243 e. The molecule has 1 N–H and O–H groups in total. The van der Waals surface area contributed by atoms with E-state index in [2.05, 4.69) is 10.3 Å². The highest BCUT2D eigenvalue weighted by Crippen LogP contribution is 2.20. The summed E-state index contributed by atoms with van der Waals surface area (Å²) in [6.07, 6.45) is 5.30. The van der Waals surface area contributed by atoms with Crippen molar-refractivity contribution in [1.82, 2.24) is 14.9 Å². The quantitative estimate of drug-likeness (QED) is 0.783. The first-order valence-corrected chi connectivity index (χ1v) is 4.95. The molecule has 0 aromatic carbocycles. The van der Waals surface area contributed by atoms with Crippen LogP contribution in [0.1, 0.15) is 31.6 Å². The van der Waals surface area contributed by atoms with E-state index in [0.717, 1.165) is 12.8 Å². The number of carbonyl (C=O) groups is 1. The Labute approximate surface area is 87.7 Å². The highest BCUT2D eigenvalue weighted by atomic mass is 16.2. The summed E-state index contributed by atoms with van der Waals surface area (Å²) in [5.74, 6) is 0.223.